The maximum atomic E-state index is 9.10. The van der Waals surface area contributed by atoms with Gasteiger partial charge in [-0.15, -0.1) is 0 Å². The van der Waals surface area contributed by atoms with Gasteiger partial charge in [0.25, 0.3) is 0 Å². The van der Waals surface area contributed by atoms with E-state index in [0.29, 0.717) is 23.9 Å². The molecule has 102 valence electrons. The number of rotatable bonds is 3. The molecule has 0 saturated carbocycles. The van der Waals surface area contributed by atoms with Gasteiger partial charge in [-0.05, 0) is 25.1 Å². The maximum absolute atomic E-state index is 9.10. The van der Waals surface area contributed by atoms with Crippen LogP contribution >= 0.6 is 0 Å². The maximum Gasteiger partial charge on any atom is 0.225 e. The number of hydrogen-bond acceptors (Lipinski definition) is 4. The Morgan fingerprint density at radius 2 is 1.81 bits per heavy atom. The highest BCUT2D eigenvalue weighted by molar-refractivity contribution is 5.83. The van der Waals surface area contributed by atoms with Gasteiger partial charge in [0.1, 0.15) is 12.4 Å². The molecule has 0 bridgehead atoms. The quantitative estimate of drug-likeness (QED) is 0.735. The number of nitrogens with zero attached hydrogens (tertiary/aromatic N) is 3. The summed E-state index contributed by atoms with van der Waals surface area (Å²) in [5.74, 6) is 1.21. The summed E-state index contributed by atoms with van der Waals surface area (Å²) in [7, 11) is 0. The van der Waals surface area contributed by atoms with Crippen LogP contribution in [0.15, 0.2) is 48.5 Å². The second kappa shape index (κ2) is 5.59. The first-order valence-corrected chi connectivity index (χ1v) is 6.62. The molecular formula is C17H13N3O. The number of ether oxygens (including phenoxy) is 1. The van der Waals surface area contributed by atoms with Gasteiger partial charge in [0, 0.05) is 5.56 Å². The van der Waals surface area contributed by atoms with E-state index in [1.165, 1.54) is 0 Å². The number of para-hydroxylation sites is 1. The van der Waals surface area contributed by atoms with Crippen molar-refractivity contribution in [2.45, 2.75) is 13.5 Å². The van der Waals surface area contributed by atoms with Crippen LogP contribution in [0.4, 0.5) is 0 Å². The van der Waals surface area contributed by atoms with Crippen LogP contribution in [0.2, 0.25) is 0 Å². The normalized spacial score (nSPS) is 10.3. The fraction of sp³-hybridized carbons (Fsp3) is 0.118. The molecular weight excluding hydrogens is 262 g/mol. The van der Waals surface area contributed by atoms with Crippen molar-refractivity contribution >= 4 is 10.9 Å². The number of hydrogen-bond donors (Lipinski definition) is 0. The van der Waals surface area contributed by atoms with Gasteiger partial charge in [0.2, 0.25) is 5.88 Å². The van der Waals surface area contributed by atoms with Gasteiger partial charge in [0.15, 0.2) is 0 Å². The van der Waals surface area contributed by atoms with Gasteiger partial charge >= 0.3 is 0 Å². The van der Waals surface area contributed by atoms with E-state index in [4.69, 9.17) is 10.00 Å². The Hall–Kier alpha value is -2.93. The highest BCUT2D eigenvalue weighted by Gasteiger charge is 2.08. The zero-order valence-electron chi connectivity index (χ0n) is 11.6. The van der Waals surface area contributed by atoms with Crippen molar-refractivity contribution in [1.29, 1.82) is 5.26 Å². The second-order valence-corrected chi connectivity index (χ2v) is 4.65. The first kappa shape index (κ1) is 13.1. The van der Waals surface area contributed by atoms with Gasteiger partial charge in [-0.1, -0.05) is 30.3 Å². The summed E-state index contributed by atoms with van der Waals surface area (Å²) in [4.78, 5) is 8.74. The monoisotopic (exact) mass is 275 g/mol. The third kappa shape index (κ3) is 2.67. The molecule has 3 rings (SSSR count). The zero-order valence-corrected chi connectivity index (χ0v) is 11.6. The van der Waals surface area contributed by atoms with Crippen molar-refractivity contribution in [3.05, 3.63) is 65.5 Å². The van der Waals surface area contributed by atoms with Crippen LogP contribution in [-0.2, 0) is 6.61 Å². The lowest BCUT2D eigenvalue weighted by atomic mass is 10.1. The third-order valence-electron chi connectivity index (χ3n) is 3.18. The second-order valence-electron chi connectivity index (χ2n) is 4.65. The number of benzene rings is 2. The van der Waals surface area contributed by atoms with Crippen molar-refractivity contribution in [2.24, 2.45) is 0 Å². The average molecular weight is 275 g/mol. The van der Waals surface area contributed by atoms with Crippen molar-refractivity contribution in [3.63, 3.8) is 0 Å². The van der Waals surface area contributed by atoms with E-state index >= 15 is 0 Å². The number of fused-ring (bicyclic) bond motifs is 1. The molecule has 0 aliphatic carbocycles. The third-order valence-corrected chi connectivity index (χ3v) is 3.18. The molecule has 0 aliphatic heterocycles. The van der Waals surface area contributed by atoms with E-state index in [-0.39, 0.29) is 0 Å². The summed E-state index contributed by atoms with van der Waals surface area (Å²) in [6.07, 6.45) is 0. The summed E-state index contributed by atoms with van der Waals surface area (Å²) in [6.45, 7) is 2.15. The van der Waals surface area contributed by atoms with Crippen LogP contribution in [0.25, 0.3) is 10.9 Å². The minimum atomic E-state index is 0.310. The first-order chi connectivity index (χ1) is 10.3. The number of nitriles is 1. The van der Waals surface area contributed by atoms with Crippen LogP contribution in [0.3, 0.4) is 0 Å². The Bertz CT molecular complexity index is 837. The lowest BCUT2D eigenvalue weighted by Crippen LogP contribution is -2.02. The Morgan fingerprint density at radius 3 is 2.67 bits per heavy atom. The van der Waals surface area contributed by atoms with Crippen molar-refractivity contribution in [1.82, 2.24) is 9.97 Å². The average Bonchev–Trinajstić information content (AvgIpc) is 2.52. The minimum absolute atomic E-state index is 0.310. The minimum Gasteiger partial charge on any atom is -0.472 e. The highest BCUT2D eigenvalue weighted by atomic mass is 16.5. The van der Waals surface area contributed by atoms with E-state index in [0.717, 1.165) is 16.5 Å². The molecule has 0 aliphatic rings. The topological polar surface area (TPSA) is 58.8 Å². The molecule has 0 atom stereocenters. The molecule has 1 aromatic heterocycles. The van der Waals surface area contributed by atoms with E-state index in [1.54, 1.807) is 6.07 Å². The summed E-state index contributed by atoms with van der Waals surface area (Å²) in [5, 5.41) is 9.97. The first-order valence-electron chi connectivity index (χ1n) is 6.62. The number of aryl methyl sites for hydroxylation is 1. The molecule has 21 heavy (non-hydrogen) atoms. The summed E-state index contributed by atoms with van der Waals surface area (Å²) >= 11 is 0. The molecule has 4 heteroatoms. The molecule has 0 unspecified atom stereocenters. The molecule has 4 nitrogen and oxygen atoms in total. The summed E-state index contributed by atoms with van der Waals surface area (Å²) in [6, 6.07) is 17.3. The van der Waals surface area contributed by atoms with Gasteiger partial charge in [-0.2, -0.15) is 10.2 Å². The summed E-state index contributed by atoms with van der Waals surface area (Å²) < 4.78 is 5.83. The van der Waals surface area contributed by atoms with E-state index in [2.05, 4.69) is 16.0 Å². The van der Waals surface area contributed by atoms with Crippen molar-refractivity contribution in [2.75, 3.05) is 0 Å². The molecule has 0 spiro atoms. The van der Waals surface area contributed by atoms with Crippen LogP contribution in [0.5, 0.6) is 5.88 Å². The van der Waals surface area contributed by atoms with Crippen LogP contribution in [-0.4, -0.2) is 9.97 Å². The van der Waals surface area contributed by atoms with Gasteiger partial charge in [-0.3, -0.25) is 0 Å². The Balaban J connectivity index is 1.94. The molecule has 2 aromatic carbocycles. The predicted molar refractivity (Wildman–Crippen MR) is 79.8 cm³/mol. The number of aromatic nitrogens is 2. The van der Waals surface area contributed by atoms with Gasteiger partial charge < -0.3 is 4.74 Å². The molecule has 0 N–H and O–H groups in total. The van der Waals surface area contributed by atoms with Gasteiger partial charge in [-0.25, -0.2) is 4.98 Å². The largest absolute Gasteiger partial charge is 0.472 e. The fourth-order valence-electron chi connectivity index (χ4n) is 2.17. The molecule has 0 radical (unpaired) electrons. The molecule has 0 fully saturated rings. The van der Waals surface area contributed by atoms with Crippen LogP contribution < -0.4 is 4.74 Å². The lowest BCUT2D eigenvalue weighted by Gasteiger charge is -2.09. The lowest BCUT2D eigenvalue weighted by molar-refractivity contribution is 0.296. The molecule has 0 amide bonds. The zero-order chi connectivity index (χ0) is 14.7. The summed E-state index contributed by atoms with van der Waals surface area (Å²) in [5.41, 5.74) is 2.32. The molecule has 0 saturated heterocycles. The van der Waals surface area contributed by atoms with E-state index < -0.39 is 0 Å². The van der Waals surface area contributed by atoms with Crippen molar-refractivity contribution in [3.8, 4) is 11.9 Å². The van der Waals surface area contributed by atoms with Crippen LogP contribution in [0.1, 0.15) is 17.0 Å². The molecule has 1 heterocycles. The molecule has 3 aromatic rings. The SMILES string of the molecule is Cc1nc(OCc2ccccc2C#N)c2ccccc2n1. The van der Waals surface area contributed by atoms with Crippen LogP contribution in [0, 0.1) is 18.3 Å². The standard InChI is InChI=1S/C17H13N3O/c1-12-19-16-9-5-4-8-15(16)17(20-12)21-11-14-7-3-2-6-13(14)10-18/h2-9H,11H2,1H3. The Labute approximate surface area is 122 Å². The predicted octanol–water partition coefficient (Wildman–Crippen LogP) is 3.39. The van der Waals surface area contributed by atoms with Gasteiger partial charge in [0.05, 0.1) is 22.5 Å². The fourth-order valence-corrected chi connectivity index (χ4v) is 2.17. The van der Waals surface area contributed by atoms with E-state index in [1.807, 2.05) is 49.4 Å². The Morgan fingerprint density at radius 1 is 1.05 bits per heavy atom. The highest BCUT2D eigenvalue weighted by Crippen LogP contribution is 2.23. The van der Waals surface area contributed by atoms with E-state index in [9.17, 15) is 0 Å². The Kier molecular flexibility index (Phi) is 3.48. The van der Waals surface area contributed by atoms with Crippen molar-refractivity contribution < 1.29 is 4.74 Å². The smallest absolute Gasteiger partial charge is 0.225 e.